The largest absolute Gasteiger partial charge is 0.496 e. The van der Waals surface area contributed by atoms with Crippen molar-refractivity contribution < 1.29 is 9.53 Å². The lowest BCUT2D eigenvalue weighted by Gasteiger charge is -2.07. The molecule has 1 aromatic heterocycles. The first-order chi connectivity index (χ1) is 8.13. The fourth-order valence-corrected chi connectivity index (χ4v) is 2.92. The number of thiophene rings is 1. The summed E-state index contributed by atoms with van der Waals surface area (Å²) in [5, 5.41) is 3.87. The zero-order valence-corrected chi connectivity index (χ0v) is 12.5. The summed E-state index contributed by atoms with van der Waals surface area (Å²) in [6, 6.07) is 5.62. The Balaban J connectivity index is 2.50. The van der Waals surface area contributed by atoms with Crippen LogP contribution in [-0.4, -0.2) is 12.9 Å². The maximum Gasteiger partial charge on any atom is 0.197 e. The van der Waals surface area contributed by atoms with Gasteiger partial charge in [-0.25, -0.2) is 0 Å². The maximum absolute atomic E-state index is 12.4. The van der Waals surface area contributed by atoms with Crippen LogP contribution in [0.5, 0.6) is 5.75 Å². The van der Waals surface area contributed by atoms with Gasteiger partial charge < -0.3 is 4.74 Å². The standard InChI is InChI=1S/C13H11IO2S/c1-8-6-17-7-11(8)13(15)10-5-9(14)3-4-12(10)16-2/h3-7H,1-2H3. The molecule has 0 unspecified atom stereocenters. The first-order valence-electron chi connectivity index (χ1n) is 5.04. The number of carbonyl (C=O) groups excluding carboxylic acids is 1. The van der Waals surface area contributed by atoms with Crippen LogP contribution < -0.4 is 4.74 Å². The van der Waals surface area contributed by atoms with Gasteiger partial charge in [-0.05, 0) is 58.7 Å². The highest BCUT2D eigenvalue weighted by Gasteiger charge is 2.17. The number of benzene rings is 1. The molecule has 0 fully saturated rings. The van der Waals surface area contributed by atoms with Crippen molar-refractivity contribution in [2.75, 3.05) is 7.11 Å². The molecule has 4 heteroatoms. The molecule has 0 atom stereocenters. The van der Waals surface area contributed by atoms with Gasteiger partial charge in [0.1, 0.15) is 5.75 Å². The molecule has 1 aromatic carbocycles. The van der Waals surface area contributed by atoms with Gasteiger partial charge in [0, 0.05) is 14.5 Å². The van der Waals surface area contributed by atoms with Gasteiger partial charge >= 0.3 is 0 Å². The predicted octanol–water partition coefficient (Wildman–Crippen LogP) is 3.90. The average Bonchev–Trinajstić information content (AvgIpc) is 2.74. The molecule has 88 valence electrons. The fourth-order valence-electron chi connectivity index (χ4n) is 1.60. The summed E-state index contributed by atoms with van der Waals surface area (Å²) in [5.74, 6) is 0.653. The number of aryl methyl sites for hydroxylation is 1. The number of hydrogen-bond donors (Lipinski definition) is 0. The van der Waals surface area contributed by atoms with E-state index in [4.69, 9.17) is 4.74 Å². The van der Waals surface area contributed by atoms with Crippen LogP contribution in [0.1, 0.15) is 21.5 Å². The van der Waals surface area contributed by atoms with Crippen LogP contribution in [0.25, 0.3) is 0 Å². The molecule has 0 radical (unpaired) electrons. The summed E-state index contributed by atoms with van der Waals surface area (Å²) in [4.78, 5) is 12.4. The number of rotatable bonds is 3. The van der Waals surface area contributed by atoms with Crippen LogP contribution in [0.3, 0.4) is 0 Å². The van der Waals surface area contributed by atoms with Gasteiger partial charge in [-0.3, -0.25) is 4.79 Å². The first kappa shape index (κ1) is 12.6. The summed E-state index contributed by atoms with van der Waals surface area (Å²) >= 11 is 3.74. The number of halogens is 1. The van der Waals surface area contributed by atoms with Crippen LogP contribution in [0.4, 0.5) is 0 Å². The van der Waals surface area contributed by atoms with E-state index in [9.17, 15) is 4.79 Å². The van der Waals surface area contributed by atoms with Crippen molar-refractivity contribution in [1.29, 1.82) is 0 Å². The fraction of sp³-hybridized carbons (Fsp3) is 0.154. The topological polar surface area (TPSA) is 26.3 Å². The molecule has 0 aliphatic heterocycles. The van der Waals surface area contributed by atoms with Crippen molar-refractivity contribution in [3.05, 3.63) is 49.2 Å². The maximum atomic E-state index is 12.4. The first-order valence-corrected chi connectivity index (χ1v) is 7.06. The van der Waals surface area contributed by atoms with Crippen LogP contribution in [0.2, 0.25) is 0 Å². The Labute approximate surface area is 118 Å². The second-order valence-electron chi connectivity index (χ2n) is 3.64. The molecule has 0 aliphatic rings. The summed E-state index contributed by atoms with van der Waals surface area (Å²) in [7, 11) is 1.58. The SMILES string of the molecule is COc1ccc(I)cc1C(=O)c1cscc1C. The molecule has 1 heterocycles. The highest BCUT2D eigenvalue weighted by Crippen LogP contribution is 2.26. The Hall–Kier alpha value is -0.880. The van der Waals surface area contributed by atoms with Gasteiger partial charge in [-0.2, -0.15) is 11.3 Å². The molecule has 2 rings (SSSR count). The van der Waals surface area contributed by atoms with Gasteiger partial charge in [0.15, 0.2) is 5.78 Å². The quantitative estimate of drug-likeness (QED) is 0.615. The molecule has 0 saturated heterocycles. The normalized spacial score (nSPS) is 10.3. The number of carbonyl (C=O) groups is 1. The zero-order chi connectivity index (χ0) is 12.4. The number of ketones is 1. The van der Waals surface area contributed by atoms with Gasteiger partial charge in [0.05, 0.1) is 12.7 Å². The summed E-state index contributed by atoms with van der Waals surface area (Å²) in [6.45, 7) is 1.95. The Morgan fingerprint density at radius 3 is 2.65 bits per heavy atom. The van der Waals surface area contributed by atoms with E-state index in [-0.39, 0.29) is 5.78 Å². The van der Waals surface area contributed by atoms with Crippen molar-refractivity contribution in [3.8, 4) is 5.75 Å². The van der Waals surface area contributed by atoms with E-state index >= 15 is 0 Å². The third kappa shape index (κ3) is 2.52. The third-order valence-electron chi connectivity index (χ3n) is 2.51. The molecule has 0 spiro atoms. The van der Waals surface area contributed by atoms with E-state index < -0.39 is 0 Å². The number of methoxy groups -OCH3 is 1. The minimum Gasteiger partial charge on any atom is -0.496 e. The van der Waals surface area contributed by atoms with Gasteiger partial charge in [-0.15, -0.1) is 0 Å². The van der Waals surface area contributed by atoms with Crippen LogP contribution in [-0.2, 0) is 0 Å². The van der Waals surface area contributed by atoms with E-state index in [0.29, 0.717) is 11.3 Å². The van der Waals surface area contributed by atoms with Crippen LogP contribution >= 0.6 is 33.9 Å². The van der Waals surface area contributed by atoms with Gasteiger partial charge in [0.2, 0.25) is 0 Å². The lowest BCUT2D eigenvalue weighted by atomic mass is 10.0. The molecule has 0 amide bonds. The third-order valence-corrected chi connectivity index (χ3v) is 4.04. The zero-order valence-electron chi connectivity index (χ0n) is 9.49. The number of ether oxygens (including phenoxy) is 1. The summed E-state index contributed by atoms with van der Waals surface area (Å²) in [5.41, 5.74) is 2.40. The van der Waals surface area contributed by atoms with Crippen LogP contribution in [0.15, 0.2) is 29.0 Å². The molecule has 0 aliphatic carbocycles. The molecule has 0 bridgehead atoms. The highest BCUT2D eigenvalue weighted by atomic mass is 127. The Morgan fingerprint density at radius 1 is 1.29 bits per heavy atom. The van der Waals surface area contributed by atoms with E-state index in [0.717, 1.165) is 14.7 Å². The second-order valence-corrected chi connectivity index (χ2v) is 5.63. The van der Waals surface area contributed by atoms with E-state index in [1.807, 2.05) is 35.9 Å². The molecule has 0 N–H and O–H groups in total. The summed E-state index contributed by atoms with van der Waals surface area (Å²) < 4.78 is 6.27. The van der Waals surface area contributed by atoms with Gasteiger partial charge in [0.25, 0.3) is 0 Å². The van der Waals surface area contributed by atoms with E-state index in [1.54, 1.807) is 18.4 Å². The Kier molecular flexibility index (Phi) is 3.83. The minimum absolute atomic E-state index is 0.0270. The molecule has 0 saturated carbocycles. The monoisotopic (exact) mass is 358 g/mol. The van der Waals surface area contributed by atoms with Crippen molar-refractivity contribution >= 4 is 39.7 Å². The molecule has 2 aromatic rings. The minimum atomic E-state index is 0.0270. The Morgan fingerprint density at radius 2 is 2.06 bits per heavy atom. The summed E-state index contributed by atoms with van der Waals surface area (Å²) in [6.07, 6.45) is 0. The molecular formula is C13H11IO2S. The second kappa shape index (κ2) is 5.18. The van der Waals surface area contributed by atoms with Crippen molar-refractivity contribution in [2.45, 2.75) is 6.92 Å². The van der Waals surface area contributed by atoms with E-state index in [1.165, 1.54) is 0 Å². The molecule has 17 heavy (non-hydrogen) atoms. The molecular weight excluding hydrogens is 347 g/mol. The van der Waals surface area contributed by atoms with Crippen molar-refractivity contribution in [2.24, 2.45) is 0 Å². The average molecular weight is 358 g/mol. The van der Waals surface area contributed by atoms with Crippen LogP contribution in [0, 0.1) is 10.5 Å². The van der Waals surface area contributed by atoms with Gasteiger partial charge in [-0.1, -0.05) is 0 Å². The highest BCUT2D eigenvalue weighted by molar-refractivity contribution is 14.1. The predicted molar refractivity (Wildman–Crippen MR) is 78.2 cm³/mol. The number of hydrogen-bond acceptors (Lipinski definition) is 3. The smallest absolute Gasteiger partial charge is 0.197 e. The van der Waals surface area contributed by atoms with Crippen molar-refractivity contribution in [3.63, 3.8) is 0 Å². The lowest BCUT2D eigenvalue weighted by molar-refractivity contribution is 0.103. The van der Waals surface area contributed by atoms with E-state index in [2.05, 4.69) is 22.6 Å². The molecule has 2 nitrogen and oxygen atoms in total. The lowest BCUT2D eigenvalue weighted by Crippen LogP contribution is -2.04. The Bertz CT molecular complexity index is 560. The van der Waals surface area contributed by atoms with Crippen molar-refractivity contribution in [1.82, 2.24) is 0 Å².